The highest BCUT2D eigenvalue weighted by atomic mass is 127. The molecule has 1 aliphatic heterocycles. The number of halogens is 1. The van der Waals surface area contributed by atoms with Gasteiger partial charge in [0.2, 0.25) is 0 Å². The highest BCUT2D eigenvalue weighted by Crippen LogP contribution is 2.21. The Hall–Kier alpha value is -1.74. The standard InChI is InChI=1S/C24H32N4OS.HI/c1-19(30-22-9-5-3-6-10-22)17-26-24(25-2)27-18-20-11-13-21(14-12-20)23(29)28-15-7-4-8-16-28;/h3,5-6,9-14,19H,4,7-8,15-18H2,1-2H3,(H2,25,26,27);1H. The van der Waals surface area contributed by atoms with E-state index >= 15 is 0 Å². The summed E-state index contributed by atoms with van der Waals surface area (Å²) in [5.74, 6) is 0.931. The van der Waals surface area contributed by atoms with E-state index in [1.807, 2.05) is 47.0 Å². The summed E-state index contributed by atoms with van der Waals surface area (Å²) in [6.45, 7) is 5.45. The van der Waals surface area contributed by atoms with Crippen LogP contribution in [0.15, 0.2) is 64.5 Å². The number of likely N-dealkylation sites (tertiary alicyclic amines) is 1. The topological polar surface area (TPSA) is 56.7 Å². The molecule has 1 aliphatic rings. The zero-order chi connectivity index (χ0) is 21.2. The average molecular weight is 553 g/mol. The summed E-state index contributed by atoms with van der Waals surface area (Å²) in [5.41, 5.74) is 1.90. The Morgan fingerprint density at radius 3 is 2.35 bits per heavy atom. The number of benzene rings is 2. The molecule has 0 radical (unpaired) electrons. The predicted octanol–water partition coefficient (Wildman–Crippen LogP) is 4.78. The van der Waals surface area contributed by atoms with Crippen LogP contribution in [0, 0.1) is 0 Å². The molecule has 1 atom stereocenters. The first-order valence-electron chi connectivity index (χ1n) is 10.7. The second-order valence-corrected chi connectivity index (χ2v) is 9.11. The fraction of sp³-hybridized carbons (Fsp3) is 0.417. The number of nitrogens with zero attached hydrogens (tertiary/aromatic N) is 2. The van der Waals surface area contributed by atoms with Crippen LogP contribution in [0.3, 0.4) is 0 Å². The van der Waals surface area contributed by atoms with Crippen LogP contribution >= 0.6 is 35.7 Å². The van der Waals surface area contributed by atoms with E-state index in [1.165, 1.54) is 11.3 Å². The van der Waals surface area contributed by atoms with Gasteiger partial charge in [-0.2, -0.15) is 0 Å². The van der Waals surface area contributed by atoms with Crippen LogP contribution < -0.4 is 10.6 Å². The van der Waals surface area contributed by atoms with Gasteiger partial charge < -0.3 is 15.5 Å². The first-order chi connectivity index (χ1) is 14.7. The third-order valence-electron chi connectivity index (χ3n) is 5.17. The van der Waals surface area contributed by atoms with Gasteiger partial charge in [0.1, 0.15) is 0 Å². The second kappa shape index (κ2) is 13.6. The van der Waals surface area contributed by atoms with Gasteiger partial charge in [0.15, 0.2) is 5.96 Å². The van der Waals surface area contributed by atoms with E-state index in [2.05, 4.69) is 46.8 Å². The minimum absolute atomic E-state index is 0. The van der Waals surface area contributed by atoms with Gasteiger partial charge in [0, 0.05) is 48.9 Å². The number of carbonyl (C=O) groups is 1. The molecule has 31 heavy (non-hydrogen) atoms. The largest absolute Gasteiger partial charge is 0.355 e. The highest BCUT2D eigenvalue weighted by Gasteiger charge is 2.17. The lowest BCUT2D eigenvalue weighted by molar-refractivity contribution is 0.0724. The van der Waals surface area contributed by atoms with Crippen LogP contribution in [0.5, 0.6) is 0 Å². The van der Waals surface area contributed by atoms with E-state index in [0.29, 0.717) is 11.8 Å². The van der Waals surface area contributed by atoms with E-state index in [-0.39, 0.29) is 29.9 Å². The number of guanidine groups is 1. The molecular weight excluding hydrogens is 519 g/mol. The fourth-order valence-electron chi connectivity index (χ4n) is 3.46. The van der Waals surface area contributed by atoms with Crippen LogP contribution in [-0.4, -0.2) is 48.7 Å². The number of carbonyl (C=O) groups excluding carboxylic acids is 1. The molecule has 2 N–H and O–H groups in total. The van der Waals surface area contributed by atoms with Gasteiger partial charge >= 0.3 is 0 Å². The summed E-state index contributed by atoms with van der Waals surface area (Å²) < 4.78 is 0. The van der Waals surface area contributed by atoms with Gasteiger partial charge in [-0.3, -0.25) is 9.79 Å². The number of amides is 1. The average Bonchev–Trinajstić information content (AvgIpc) is 2.80. The second-order valence-electron chi connectivity index (χ2n) is 7.60. The Labute approximate surface area is 207 Å². The molecule has 0 aliphatic carbocycles. The lowest BCUT2D eigenvalue weighted by Crippen LogP contribution is -2.39. The van der Waals surface area contributed by atoms with E-state index in [4.69, 9.17) is 0 Å². The molecule has 168 valence electrons. The molecule has 1 unspecified atom stereocenters. The Bertz CT molecular complexity index is 823. The molecule has 7 heteroatoms. The zero-order valence-corrected chi connectivity index (χ0v) is 21.5. The molecular formula is C24H33IN4OS. The molecule has 0 aromatic heterocycles. The maximum atomic E-state index is 12.6. The number of nitrogens with one attached hydrogen (secondary N) is 2. The van der Waals surface area contributed by atoms with Crippen molar-refractivity contribution in [2.24, 2.45) is 4.99 Å². The number of hydrogen-bond donors (Lipinski definition) is 2. The van der Waals surface area contributed by atoms with Crippen molar-refractivity contribution in [3.63, 3.8) is 0 Å². The Balaban J connectivity index is 0.00000341. The first kappa shape index (κ1) is 25.5. The van der Waals surface area contributed by atoms with E-state index in [0.717, 1.165) is 49.6 Å². The normalized spacial score (nSPS) is 15.0. The first-order valence-corrected chi connectivity index (χ1v) is 11.6. The van der Waals surface area contributed by atoms with Crippen LogP contribution in [0.2, 0.25) is 0 Å². The lowest BCUT2D eigenvalue weighted by Gasteiger charge is -2.26. The smallest absolute Gasteiger partial charge is 0.253 e. The number of rotatable bonds is 7. The Kier molecular flexibility index (Phi) is 11.2. The van der Waals surface area contributed by atoms with E-state index in [1.54, 1.807) is 7.05 Å². The van der Waals surface area contributed by atoms with E-state index < -0.39 is 0 Å². The minimum atomic E-state index is 0. The lowest BCUT2D eigenvalue weighted by atomic mass is 10.1. The van der Waals surface area contributed by atoms with Crippen molar-refractivity contribution in [3.05, 3.63) is 65.7 Å². The molecule has 3 rings (SSSR count). The summed E-state index contributed by atoms with van der Waals surface area (Å²) in [7, 11) is 1.78. The maximum Gasteiger partial charge on any atom is 0.253 e. The summed E-state index contributed by atoms with van der Waals surface area (Å²) in [5, 5.41) is 7.16. The summed E-state index contributed by atoms with van der Waals surface area (Å²) in [4.78, 5) is 20.1. The maximum absolute atomic E-state index is 12.6. The van der Waals surface area contributed by atoms with Gasteiger partial charge in [-0.1, -0.05) is 37.3 Å². The van der Waals surface area contributed by atoms with Crippen LogP contribution in [0.1, 0.15) is 42.1 Å². The fourth-order valence-corrected chi connectivity index (χ4v) is 4.41. The van der Waals surface area contributed by atoms with Crippen molar-refractivity contribution in [2.75, 3.05) is 26.7 Å². The van der Waals surface area contributed by atoms with Crippen LogP contribution in [0.4, 0.5) is 0 Å². The van der Waals surface area contributed by atoms with Gasteiger partial charge in [0.05, 0.1) is 0 Å². The van der Waals surface area contributed by atoms with Gasteiger partial charge in [-0.05, 0) is 49.1 Å². The SMILES string of the molecule is CN=C(NCc1ccc(C(=O)N2CCCCC2)cc1)NCC(C)Sc1ccccc1.I. The number of piperidine rings is 1. The van der Waals surface area contributed by atoms with Crippen molar-refractivity contribution in [2.45, 2.75) is 42.9 Å². The summed E-state index contributed by atoms with van der Waals surface area (Å²) in [6.07, 6.45) is 3.46. The molecule has 5 nitrogen and oxygen atoms in total. The molecule has 0 bridgehead atoms. The molecule has 1 fully saturated rings. The summed E-state index contributed by atoms with van der Waals surface area (Å²) in [6, 6.07) is 18.3. The molecule has 2 aromatic carbocycles. The van der Waals surface area contributed by atoms with Gasteiger partial charge in [-0.25, -0.2) is 0 Å². The van der Waals surface area contributed by atoms with E-state index in [9.17, 15) is 4.79 Å². The Morgan fingerprint density at radius 2 is 1.71 bits per heavy atom. The predicted molar refractivity (Wildman–Crippen MR) is 142 cm³/mol. The Morgan fingerprint density at radius 1 is 1.03 bits per heavy atom. The molecule has 0 saturated carbocycles. The molecule has 2 aromatic rings. The molecule has 1 heterocycles. The number of thioether (sulfide) groups is 1. The van der Waals surface area contributed by atoms with Gasteiger partial charge in [-0.15, -0.1) is 35.7 Å². The van der Waals surface area contributed by atoms with Crippen molar-refractivity contribution in [3.8, 4) is 0 Å². The van der Waals surface area contributed by atoms with Crippen molar-refractivity contribution in [1.82, 2.24) is 15.5 Å². The van der Waals surface area contributed by atoms with Crippen LogP contribution in [0.25, 0.3) is 0 Å². The van der Waals surface area contributed by atoms with Crippen molar-refractivity contribution in [1.29, 1.82) is 0 Å². The summed E-state index contributed by atoms with van der Waals surface area (Å²) >= 11 is 1.85. The van der Waals surface area contributed by atoms with Crippen molar-refractivity contribution < 1.29 is 4.79 Å². The third-order valence-corrected chi connectivity index (χ3v) is 6.28. The zero-order valence-electron chi connectivity index (χ0n) is 18.3. The van der Waals surface area contributed by atoms with Gasteiger partial charge in [0.25, 0.3) is 5.91 Å². The van der Waals surface area contributed by atoms with Crippen molar-refractivity contribution >= 4 is 47.6 Å². The minimum Gasteiger partial charge on any atom is -0.355 e. The number of hydrogen-bond acceptors (Lipinski definition) is 3. The van der Waals surface area contributed by atoms with Crippen LogP contribution in [-0.2, 0) is 6.54 Å². The highest BCUT2D eigenvalue weighted by molar-refractivity contribution is 14.0. The number of aliphatic imine (C=N–C) groups is 1. The molecule has 1 amide bonds. The molecule has 0 spiro atoms. The quantitative estimate of drug-likeness (QED) is 0.225. The third kappa shape index (κ3) is 8.37. The molecule has 1 saturated heterocycles. The monoisotopic (exact) mass is 552 g/mol.